The second-order valence-electron chi connectivity index (χ2n) is 5.72. The maximum atomic E-state index is 14.5. The Bertz CT molecular complexity index is 877. The van der Waals surface area contributed by atoms with Crippen molar-refractivity contribution in [3.8, 4) is 11.3 Å². The van der Waals surface area contributed by atoms with Crippen LogP contribution in [0.25, 0.3) is 22.2 Å². The van der Waals surface area contributed by atoms with E-state index in [2.05, 4.69) is 20.2 Å². The average molecular weight is 379 g/mol. The Morgan fingerprint density at radius 1 is 1.00 bits per heavy atom. The molecule has 4 nitrogen and oxygen atoms in total. The fourth-order valence-corrected chi connectivity index (χ4v) is 3.24. The van der Waals surface area contributed by atoms with Crippen LogP contribution in [0.3, 0.4) is 0 Å². The normalized spacial score (nSPS) is 14.4. The van der Waals surface area contributed by atoms with Crippen molar-refractivity contribution < 1.29 is 4.39 Å². The van der Waals surface area contributed by atoms with Gasteiger partial charge in [0.05, 0.1) is 21.8 Å². The molecule has 130 valence electrons. The van der Waals surface area contributed by atoms with E-state index >= 15 is 0 Å². The van der Waals surface area contributed by atoms with E-state index in [9.17, 15) is 4.39 Å². The minimum Gasteiger partial charge on any atom is -0.338 e. The number of hydrogen-bond donors (Lipinski definition) is 1. The lowest BCUT2D eigenvalue weighted by Crippen LogP contribution is -2.44. The molecular formula is C18H17Cl2FN4. The first kappa shape index (κ1) is 17.9. The number of nitrogens with zero attached hydrogens (tertiary/aromatic N) is 3. The number of piperazine rings is 1. The summed E-state index contributed by atoms with van der Waals surface area (Å²) in [6.07, 6.45) is 0. The highest BCUT2D eigenvalue weighted by Gasteiger charge is 2.19. The summed E-state index contributed by atoms with van der Waals surface area (Å²) >= 11 is 6.28. The molecule has 7 heteroatoms. The molecule has 1 aliphatic heterocycles. The molecular weight excluding hydrogens is 362 g/mol. The minimum absolute atomic E-state index is 0. The Labute approximate surface area is 156 Å². The van der Waals surface area contributed by atoms with Crippen LogP contribution in [0.1, 0.15) is 0 Å². The third-order valence-electron chi connectivity index (χ3n) is 4.19. The van der Waals surface area contributed by atoms with Gasteiger partial charge in [0.25, 0.3) is 0 Å². The SMILES string of the molecule is Cl.Fc1cccc(Cl)c1-c1nc(N2CCNCC2)nc2ccccc12. The van der Waals surface area contributed by atoms with Gasteiger partial charge in [0, 0.05) is 31.6 Å². The van der Waals surface area contributed by atoms with Crippen molar-refractivity contribution in [3.63, 3.8) is 0 Å². The van der Waals surface area contributed by atoms with Gasteiger partial charge in [0.2, 0.25) is 5.95 Å². The Morgan fingerprint density at radius 2 is 1.76 bits per heavy atom. The molecule has 1 aromatic heterocycles. The van der Waals surface area contributed by atoms with Crippen molar-refractivity contribution in [2.75, 3.05) is 31.1 Å². The van der Waals surface area contributed by atoms with Crippen LogP contribution in [0.15, 0.2) is 42.5 Å². The van der Waals surface area contributed by atoms with E-state index in [0.717, 1.165) is 37.1 Å². The third kappa shape index (κ3) is 3.40. The van der Waals surface area contributed by atoms with E-state index in [1.165, 1.54) is 6.07 Å². The first-order valence-corrected chi connectivity index (χ1v) is 8.28. The van der Waals surface area contributed by atoms with Gasteiger partial charge in [0.15, 0.2) is 0 Å². The van der Waals surface area contributed by atoms with E-state index in [4.69, 9.17) is 11.6 Å². The molecule has 0 saturated carbocycles. The molecule has 0 radical (unpaired) electrons. The van der Waals surface area contributed by atoms with E-state index < -0.39 is 0 Å². The summed E-state index contributed by atoms with van der Waals surface area (Å²) in [5, 5.41) is 4.45. The van der Waals surface area contributed by atoms with Gasteiger partial charge in [-0.05, 0) is 18.2 Å². The topological polar surface area (TPSA) is 41.1 Å². The highest BCUT2D eigenvalue weighted by molar-refractivity contribution is 6.33. The van der Waals surface area contributed by atoms with Crippen LogP contribution in [0, 0.1) is 5.82 Å². The van der Waals surface area contributed by atoms with Gasteiger partial charge in [-0.2, -0.15) is 0 Å². The van der Waals surface area contributed by atoms with E-state index in [1.54, 1.807) is 12.1 Å². The first-order valence-electron chi connectivity index (χ1n) is 7.91. The van der Waals surface area contributed by atoms with Crippen molar-refractivity contribution in [3.05, 3.63) is 53.3 Å². The molecule has 2 aromatic carbocycles. The molecule has 2 heterocycles. The van der Waals surface area contributed by atoms with E-state index in [1.807, 2.05) is 24.3 Å². The van der Waals surface area contributed by atoms with Gasteiger partial charge in [-0.25, -0.2) is 14.4 Å². The van der Waals surface area contributed by atoms with Gasteiger partial charge in [-0.15, -0.1) is 12.4 Å². The molecule has 1 saturated heterocycles. The Morgan fingerprint density at radius 3 is 2.52 bits per heavy atom. The zero-order valence-corrected chi connectivity index (χ0v) is 14.9. The Hall–Kier alpha value is -1.95. The molecule has 0 aliphatic carbocycles. The molecule has 1 N–H and O–H groups in total. The lowest BCUT2D eigenvalue weighted by Gasteiger charge is -2.28. The van der Waals surface area contributed by atoms with Crippen molar-refractivity contribution in [1.82, 2.24) is 15.3 Å². The zero-order chi connectivity index (χ0) is 16.5. The molecule has 1 fully saturated rings. The highest BCUT2D eigenvalue weighted by atomic mass is 35.5. The van der Waals surface area contributed by atoms with Gasteiger partial charge >= 0.3 is 0 Å². The van der Waals surface area contributed by atoms with Crippen LogP contribution in [0.4, 0.5) is 10.3 Å². The lowest BCUT2D eigenvalue weighted by molar-refractivity contribution is 0.580. The standard InChI is InChI=1S/C18H16ClFN4.ClH/c19-13-5-3-6-14(20)16(13)17-12-4-1-2-7-15(12)22-18(23-17)24-10-8-21-9-11-24;/h1-7,21H,8-11H2;1H. The molecule has 0 bridgehead atoms. The quantitative estimate of drug-likeness (QED) is 0.733. The molecule has 25 heavy (non-hydrogen) atoms. The van der Waals surface area contributed by atoms with Crippen molar-refractivity contribution in [1.29, 1.82) is 0 Å². The number of aromatic nitrogens is 2. The Balaban J connectivity index is 0.00000182. The molecule has 0 amide bonds. The number of benzene rings is 2. The molecule has 0 unspecified atom stereocenters. The predicted octanol–water partition coefficient (Wildman–Crippen LogP) is 3.92. The third-order valence-corrected chi connectivity index (χ3v) is 4.51. The monoisotopic (exact) mass is 378 g/mol. The maximum absolute atomic E-state index is 14.5. The first-order chi connectivity index (χ1) is 11.7. The van der Waals surface area contributed by atoms with Crippen LogP contribution in [-0.2, 0) is 0 Å². The summed E-state index contributed by atoms with van der Waals surface area (Å²) in [4.78, 5) is 11.5. The number of halogens is 3. The van der Waals surface area contributed by atoms with Crippen LogP contribution < -0.4 is 10.2 Å². The number of hydrogen-bond acceptors (Lipinski definition) is 4. The zero-order valence-electron chi connectivity index (χ0n) is 13.4. The second kappa shape index (κ2) is 7.52. The number of para-hydroxylation sites is 1. The largest absolute Gasteiger partial charge is 0.338 e. The van der Waals surface area contributed by atoms with Crippen LogP contribution in [0.5, 0.6) is 0 Å². The van der Waals surface area contributed by atoms with Gasteiger partial charge < -0.3 is 10.2 Å². The number of nitrogens with one attached hydrogen (secondary N) is 1. The number of fused-ring (bicyclic) bond motifs is 1. The summed E-state index contributed by atoms with van der Waals surface area (Å²) in [7, 11) is 0. The van der Waals surface area contributed by atoms with Crippen molar-refractivity contribution >= 4 is 40.9 Å². The minimum atomic E-state index is -0.377. The fraction of sp³-hybridized carbons (Fsp3) is 0.222. The van der Waals surface area contributed by atoms with Gasteiger partial charge in [-0.1, -0.05) is 35.9 Å². The summed E-state index contributed by atoms with van der Waals surface area (Å²) in [6.45, 7) is 3.41. The van der Waals surface area contributed by atoms with Crippen molar-refractivity contribution in [2.24, 2.45) is 0 Å². The average Bonchev–Trinajstić information content (AvgIpc) is 2.62. The van der Waals surface area contributed by atoms with Crippen LogP contribution in [-0.4, -0.2) is 36.1 Å². The van der Waals surface area contributed by atoms with Crippen molar-refractivity contribution in [2.45, 2.75) is 0 Å². The summed E-state index contributed by atoms with van der Waals surface area (Å²) in [6, 6.07) is 12.3. The summed E-state index contributed by atoms with van der Waals surface area (Å²) in [5.74, 6) is 0.238. The number of anilines is 1. The van der Waals surface area contributed by atoms with Crippen LogP contribution >= 0.6 is 24.0 Å². The molecule has 0 atom stereocenters. The Kier molecular flexibility index (Phi) is 5.37. The highest BCUT2D eigenvalue weighted by Crippen LogP contribution is 2.34. The predicted molar refractivity (Wildman–Crippen MR) is 102 cm³/mol. The summed E-state index contributed by atoms with van der Waals surface area (Å²) < 4.78 is 14.5. The molecule has 0 spiro atoms. The van der Waals surface area contributed by atoms with Gasteiger partial charge in [-0.3, -0.25) is 0 Å². The van der Waals surface area contributed by atoms with Gasteiger partial charge in [0.1, 0.15) is 5.82 Å². The van der Waals surface area contributed by atoms with E-state index in [0.29, 0.717) is 22.2 Å². The number of rotatable bonds is 2. The summed E-state index contributed by atoms with van der Waals surface area (Å²) in [5.41, 5.74) is 1.65. The van der Waals surface area contributed by atoms with E-state index in [-0.39, 0.29) is 18.2 Å². The second-order valence-corrected chi connectivity index (χ2v) is 6.13. The lowest BCUT2D eigenvalue weighted by atomic mass is 10.1. The maximum Gasteiger partial charge on any atom is 0.226 e. The molecule has 3 aromatic rings. The van der Waals surface area contributed by atoms with Crippen LogP contribution in [0.2, 0.25) is 5.02 Å². The smallest absolute Gasteiger partial charge is 0.226 e. The molecule has 1 aliphatic rings. The fourth-order valence-electron chi connectivity index (χ4n) is 2.99. The molecule has 4 rings (SSSR count).